The molecule has 0 bridgehead atoms. The first-order chi connectivity index (χ1) is 8.82. The van der Waals surface area contributed by atoms with Crippen LogP contribution in [0.4, 0.5) is 14.5 Å². The minimum absolute atomic E-state index is 0.0853. The Bertz CT molecular complexity index is 600. The molecule has 1 heterocycles. The predicted octanol–water partition coefficient (Wildman–Crippen LogP) is 1.56. The number of carboxylic acids is 1. The number of amides is 2. The van der Waals surface area contributed by atoms with Gasteiger partial charge in [-0.05, 0) is 6.07 Å². The van der Waals surface area contributed by atoms with Crippen molar-refractivity contribution in [1.29, 1.82) is 0 Å². The highest BCUT2D eigenvalue weighted by atomic mass is 19.1. The van der Waals surface area contributed by atoms with Crippen LogP contribution in [0.5, 0.6) is 0 Å². The van der Waals surface area contributed by atoms with E-state index >= 15 is 0 Å². The first kappa shape index (κ1) is 13.1. The van der Waals surface area contributed by atoms with Crippen LogP contribution in [0.25, 0.3) is 0 Å². The second-order valence-corrected chi connectivity index (χ2v) is 4.26. The minimum atomic E-state index is -1.61. The molecule has 1 aliphatic heterocycles. The minimum Gasteiger partial charge on any atom is -0.478 e. The molecule has 1 N–H and O–H groups in total. The van der Waals surface area contributed by atoms with Crippen molar-refractivity contribution in [3.63, 3.8) is 0 Å². The largest absolute Gasteiger partial charge is 0.478 e. The number of carbonyl (C=O) groups excluding carboxylic acids is 2. The summed E-state index contributed by atoms with van der Waals surface area (Å²) in [7, 11) is 0. The lowest BCUT2D eigenvalue weighted by atomic mass is 10.1. The standard InChI is InChI=1S/C12H9F2NO4/c1-5-2-10(16)15(11(5)17)9-3-6(12(18)19)7(13)4-8(9)14/h3-5H,2H2,1H3,(H,18,19). The number of rotatable bonds is 2. The van der Waals surface area contributed by atoms with E-state index in [0.717, 1.165) is 0 Å². The third kappa shape index (κ3) is 2.07. The number of halogens is 2. The Labute approximate surface area is 106 Å². The zero-order chi connectivity index (χ0) is 14.3. The molecule has 1 saturated heterocycles. The van der Waals surface area contributed by atoms with Gasteiger partial charge in [0.2, 0.25) is 11.8 Å². The van der Waals surface area contributed by atoms with Gasteiger partial charge in [-0.3, -0.25) is 9.59 Å². The number of carbonyl (C=O) groups is 3. The van der Waals surface area contributed by atoms with Crippen molar-refractivity contribution in [2.75, 3.05) is 4.90 Å². The molecule has 0 spiro atoms. The van der Waals surface area contributed by atoms with Crippen molar-refractivity contribution in [2.24, 2.45) is 5.92 Å². The Morgan fingerprint density at radius 2 is 1.95 bits per heavy atom. The van der Waals surface area contributed by atoms with Crippen molar-refractivity contribution in [3.8, 4) is 0 Å². The number of imide groups is 1. The molecule has 1 unspecified atom stereocenters. The van der Waals surface area contributed by atoms with Crippen molar-refractivity contribution in [3.05, 3.63) is 29.3 Å². The maximum absolute atomic E-state index is 13.6. The van der Waals surface area contributed by atoms with Crippen molar-refractivity contribution < 1.29 is 28.3 Å². The highest BCUT2D eigenvalue weighted by molar-refractivity contribution is 6.21. The number of hydrogen-bond acceptors (Lipinski definition) is 3. The first-order valence-corrected chi connectivity index (χ1v) is 5.42. The van der Waals surface area contributed by atoms with Crippen LogP contribution in [0.1, 0.15) is 23.7 Å². The monoisotopic (exact) mass is 269 g/mol. The summed E-state index contributed by atoms with van der Waals surface area (Å²) in [4.78, 5) is 34.7. The van der Waals surface area contributed by atoms with Gasteiger partial charge in [0.25, 0.3) is 0 Å². The van der Waals surface area contributed by atoms with Crippen LogP contribution < -0.4 is 4.90 Å². The van der Waals surface area contributed by atoms with E-state index in [1.165, 1.54) is 6.92 Å². The SMILES string of the molecule is CC1CC(=O)N(c2cc(C(=O)O)c(F)cc2F)C1=O. The summed E-state index contributed by atoms with van der Waals surface area (Å²) < 4.78 is 26.9. The topological polar surface area (TPSA) is 74.7 Å². The summed E-state index contributed by atoms with van der Waals surface area (Å²) in [5, 5.41) is 8.76. The van der Waals surface area contributed by atoms with Gasteiger partial charge in [-0.15, -0.1) is 0 Å². The van der Waals surface area contributed by atoms with Crippen LogP contribution in [-0.2, 0) is 9.59 Å². The predicted molar refractivity (Wildman–Crippen MR) is 59.6 cm³/mol. The van der Waals surface area contributed by atoms with E-state index in [-0.39, 0.29) is 6.42 Å². The third-order valence-electron chi connectivity index (χ3n) is 2.88. The summed E-state index contributed by atoms with van der Waals surface area (Å²) in [6.07, 6.45) is -0.0853. The Morgan fingerprint density at radius 1 is 1.32 bits per heavy atom. The molecule has 100 valence electrons. The van der Waals surface area contributed by atoms with Crippen molar-refractivity contribution in [1.82, 2.24) is 0 Å². The van der Waals surface area contributed by atoms with E-state index in [4.69, 9.17) is 5.11 Å². The van der Waals surface area contributed by atoms with E-state index in [2.05, 4.69) is 0 Å². The number of hydrogen-bond donors (Lipinski definition) is 1. The second-order valence-electron chi connectivity index (χ2n) is 4.26. The lowest BCUT2D eigenvalue weighted by Crippen LogP contribution is -2.31. The average Bonchev–Trinajstić information content (AvgIpc) is 2.54. The molecule has 2 amide bonds. The molecule has 2 rings (SSSR count). The average molecular weight is 269 g/mol. The maximum Gasteiger partial charge on any atom is 0.338 e. The van der Waals surface area contributed by atoms with Crippen LogP contribution in [0.3, 0.4) is 0 Å². The van der Waals surface area contributed by atoms with E-state index in [1.54, 1.807) is 0 Å². The highest BCUT2D eigenvalue weighted by Gasteiger charge is 2.38. The fourth-order valence-electron chi connectivity index (χ4n) is 1.91. The smallest absolute Gasteiger partial charge is 0.338 e. The van der Waals surface area contributed by atoms with E-state index < -0.39 is 46.6 Å². The van der Waals surface area contributed by atoms with E-state index in [0.29, 0.717) is 17.0 Å². The molecule has 1 aromatic rings. The Kier molecular flexibility index (Phi) is 3.05. The number of anilines is 1. The molecule has 0 saturated carbocycles. The fourth-order valence-corrected chi connectivity index (χ4v) is 1.91. The molecule has 0 radical (unpaired) electrons. The third-order valence-corrected chi connectivity index (χ3v) is 2.88. The summed E-state index contributed by atoms with van der Waals surface area (Å²) in [6, 6.07) is 1.00. The molecule has 1 fully saturated rings. The van der Waals surface area contributed by atoms with Gasteiger partial charge in [0.05, 0.1) is 11.3 Å². The van der Waals surface area contributed by atoms with Crippen LogP contribution in [-0.4, -0.2) is 22.9 Å². The van der Waals surface area contributed by atoms with Crippen LogP contribution in [0.2, 0.25) is 0 Å². The zero-order valence-corrected chi connectivity index (χ0v) is 9.81. The number of carboxylic acid groups (broad SMARTS) is 1. The number of aromatic carboxylic acids is 1. The Balaban J connectivity index is 2.57. The Hall–Kier alpha value is -2.31. The van der Waals surface area contributed by atoms with Crippen LogP contribution in [0.15, 0.2) is 12.1 Å². The molecule has 7 heteroatoms. The summed E-state index contributed by atoms with van der Waals surface area (Å²) >= 11 is 0. The quantitative estimate of drug-likeness (QED) is 0.827. The molecule has 0 aliphatic carbocycles. The van der Waals surface area contributed by atoms with E-state index in [9.17, 15) is 23.2 Å². The van der Waals surface area contributed by atoms with Gasteiger partial charge in [0, 0.05) is 18.4 Å². The summed E-state index contributed by atoms with van der Waals surface area (Å²) in [5.41, 5.74) is -1.32. The highest BCUT2D eigenvalue weighted by Crippen LogP contribution is 2.30. The Morgan fingerprint density at radius 3 is 2.42 bits per heavy atom. The number of benzene rings is 1. The van der Waals surface area contributed by atoms with Crippen LogP contribution in [0, 0.1) is 17.6 Å². The van der Waals surface area contributed by atoms with Gasteiger partial charge in [0.15, 0.2) is 0 Å². The molecule has 19 heavy (non-hydrogen) atoms. The molecular formula is C12H9F2NO4. The van der Waals surface area contributed by atoms with E-state index in [1.807, 2.05) is 0 Å². The fraction of sp³-hybridized carbons (Fsp3) is 0.250. The molecule has 1 atom stereocenters. The second kappa shape index (κ2) is 4.42. The van der Waals surface area contributed by atoms with Crippen molar-refractivity contribution in [2.45, 2.75) is 13.3 Å². The lowest BCUT2D eigenvalue weighted by Gasteiger charge is -2.16. The number of nitrogens with zero attached hydrogens (tertiary/aromatic N) is 1. The lowest BCUT2D eigenvalue weighted by molar-refractivity contribution is -0.122. The summed E-state index contributed by atoms with van der Waals surface area (Å²) in [5.74, 6) is -5.90. The maximum atomic E-state index is 13.6. The molecular weight excluding hydrogens is 260 g/mol. The normalized spacial score (nSPS) is 19.1. The summed E-state index contributed by atoms with van der Waals surface area (Å²) in [6.45, 7) is 1.50. The van der Waals surface area contributed by atoms with Gasteiger partial charge in [-0.1, -0.05) is 6.92 Å². The van der Waals surface area contributed by atoms with Gasteiger partial charge in [-0.25, -0.2) is 18.5 Å². The van der Waals surface area contributed by atoms with Crippen molar-refractivity contribution >= 4 is 23.5 Å². The molecule has 1 aliphatic rings. The first-order valence-electron chi connectivity index (χ1n) is 5.42. The zero-order valence-electron chi connectivity index (χ0n) is 9.81. The van der Waals surface area contributed by atoms with Gasteiger partial charge < -0.3 is 5.11 Å². The molecule has 5 nitrogen and oxygen atoms in total. The van der Waals surface area contributed by atoms with Gasteiger partial charge >= 0.3 is 5.97 Å². The molecule has 1 aromatic carbocycles. The van der Waals surface area contributed by atoms with Crippen LogP contribution >= 0.6 is 0 Å². The van der Waals surface area contributed by atoms with Gasteiger partial charge in [-0.2, -0.15) is 0 Å². The molecule has 0 aromatic heterocycles. The van der Waals surface area contributed by atoms with Gasteiger partial charge in [0.1, 0.15) is 11.6 Å².